The van der Waals surface area contributed by atoms with E-state index in [-0.39, 0.29) is 11.6 Å². The van der Waals surface area contributed by atoms with Crippen LogP contribution in [0.4, 0.5) is 5.82 Å². The molecule has 0 unspecified atom stereocenters. The zero-order valence-corrected chi connectivity index (χ0v) is 11.9. The van der Waals surface area contributed by atoms with Crippen molar-refractivity contribution in [2.45, 2.75) is 6.42 Å². The number of halogens is 1. The Hall–Kier alpha value is -1.66. The Morgan fingerprint density at radius 2 is 2.32 bits per heavy atom. The molecule has 0 aliphatic rings. The summed E-state index contributed by atoms with van der Waals surface area (Å²) in [5.41, 5.74) is 2.96. The summed E-state index contributed by atoms with van der Waals surface area (Å²) >= 11 is 7.50. The van der Waals surface area contributed by atoms with Crippen molar-refractivity contribution < 1.29 is 4.79 Å². The second-order valence-electron chi connectivity index (χ2n) is 3.76. The van der Waals surface area contributed by atoms with Gasteiger partial charge >= 0.3 is 0 Å². The monoisotopic (exact) mass is 296 g/mol. The first kappa shape index (κ1) is 13.8. The van der Waals surface area contributed by atoms with Crippen molar-refractivity contribution in [3.8, 4) is 0 Å². The van der Waals surface area contributed by atoms with Crippen LogP contribution in [-0.2, 0) is 6.42 Å². The van der Waals surface area contributed by atoms with E-state index in [1.807, 2.05) is 5.38 Å². The molecule has 0 spiro atoms. The van der Waals surface area contributed by atoms with E-state index in [0.717, 1.165) is 5.69 Å². The minimum atomic E-state index is -0.280. The van der Waals surface area contributed by atoms with Gasteiger partial charge in [0.2, 0.25) is 0 Å². The minimum Gasteiger partial charge on any atom is -0.373 e. The molecule has 2 rings (SSSR count). The van der Waals surface area contributed by atoms with E-state index in [1.54, 1.807) is 24.7 Å². The third kappa shape index (κ3) is 3.65. The number of carbonyl (C=O) groups is 1. The normalized spacial score (nSPS) is 10.2. The van der Waals surface area contributed by atoms with Gasteiger partial charge in [-0.2, -0.15) is 0 Å². The van der Waals surface area contributed by atoms with Gasteiger partial charge in [-0.3, -0.25) is 4.79 Å². The molecule has 5 nitrogen and oxygen atoms in total. The highest BCUT2D eigenvalue weighted by atomic mass is 35.5. The Balaban J connectivity index is 1.95. The quantitative estimate of drug-likeness (QED) is 0.888. The van der Waals surface area contributed by atoms with Gasteiger partial charge in [-0.25, -0.2) is 9.97 Å². The molecule has 100 valence electrons. The van der Waals surface area contributed by atoms with Crippen LogP contribution in [0.1, 0.15) is 16.2 Å². The predicted molar refractivity (Wildman–Crippen MR) is 76.9 cm³/mol. The second kappa shape index (κ2) is 6.49. The lowest BCUT2D eigenvalue weighted by Crippen LogP contribution is -2.27. The van der Waals surface area contributed by atoms with Crippen LogP contribution in [0.2, 0.25) is 5.02 Å². The van der Waals surface area contributed by atoms with Crippen molar-refractivity contribution in [3.05, 3.63) is 39.4 Å². The molecule has 0 saturated carbocycles. The Kier molecular flexibility index (Phi) is 4.70. The number of hydrogen-bond acceptors (Lipinski definition) is 5. The Bertz CT molecular complexity index is 559. The summed E-state index contributed by atoms with van der Waals surface area (Å²) in [7, 11) is 1.74. The highest BCUT2D eigenvalue weighted by Gasteiger charge is 2.12. The minimum absolute atomic E-state index is 0.229. The summed E-state index contributed by atoms with van der Waals surface area (Å²) in [6.07, 6.45) is 0.693. The van der Waals surface area contributed by atoms with E-state index >= 15 is 0 Å². The average molecular weight is 297 g/mol. The fraction of sp³-hybridized carbons (Fsp3) is 0.250. The first-order valence-corrected chi connectivity index (χ1v) is 7.02. The summed E-state index contributed by atoms with van der Waals surface area (Å²) in [6.45, 7) is 0.504. The highest BCUT2D eigenvalue weighted by molar-refractivity contribution is 7.07. The van der Waals surface area contributed by atoms with E-state index in [4.69, 9.17) is 11.6 Å². The van der Waals surface area contributed by atoms with E-state index in [0.29, 0.717) is 23.8 Å². The molecule has 0 saturated heterocycles. The van der Waals surface area contributed by atoms with Crippen molar-refractivity contribution in [2.24, 2.45) is 0 Å². The summed E-state index contributed by atoms with van der Waals surface area (Å²) in [6, 6.07) is 3.37. The molecule has 2 aromatic heterocycles. The van der Waals surface area contributed by atoms with Gasteiger partial charge in [0.15, 0.2) is 0 Å². The van der Waals surface area contributed by atoms with Crippen molar-refractivity contribution in [2.75, 3.05) is 18.9 Å². The van der Waals surface area contributed by atoms with E-state index in [9.17, 15) is 4.79 Å². The van der Waals surface area contributed by atoms with Crippen molar-refractivity contribution in [1.82, 2.24) is 15.3 Å². The van der Waals surface area contributed by atoms with E-state index in [1.165, 1.54) is 11.3 Å². The molecule has 2 aromatic rings. The van der Waals surface area contributed by atoms with Gasteiger partial charge < -0.3 is 10.6 Å². The number of nitrogens with zero attached hydrogens (tertiary/aromatic N) is 2. The molecule has 2 heterocycles. The number of pyridine rings is 1. The number of hydrogen-bond donors (Lipinski definition) is 2. The second-order valence-corrected chi connectivity index (χ2v) is 4.89. The third-order valence-corrected chi connectivity index (χ3v) is 3.41. The van der Waals surface area contributed by atoms with E-state index in [2.05, 4.69) is 20.6 Å². The number of aromatic nitrogens is 2. The van der Waals surface area contributed by atoms with Gasteiger partial charge in [-0.15, -0.1) is 11.3 Å². The van der Waals surface area contributed by atoms with Crippen molar-refractivity contribution in [1.29, 1.82) is 0 Å². The van der Waals surface area contributed by atoms with Crippen LogP contribution in [0.5, 0.6) is 0 Å². The zero-order chi connectivity index (χ0) is 13.7. The van der Waals surface area contributed by atoms with Gasteiger partial charge in [-0.1, -0.05) is 11.6 Å². The molecule has 0 aliphatic carbocycles. The largest absolute Gasteiger partial charge is 0.373 e. The zero-order valence-electron chi connectivity index (χ0n) is 10.3. The molecule has 0 fully saturated rings. The molecular weight excluding hydrogens is 284 g/mol. The third-order valence-electron chi connectivity index (χ3n) is 2.47. The number of thiazole rings is 1. The van der Waals surface area contributed by atoms with Crippen LogP contribution < -0.4 is 10.6 Å². The molecule has 0 radical (unpaired) electrons. The molecule has 7 heteroatoms. The summed E-state index contributed by atoms with van der Waals surface area (Å²) < 4.78 is 0. The van der Waals surface area contributed by atoms with Gasteiger partial charge in [0, 0.05) is 25.4 Å². The molecule has 0 bridgehead atoms. The van der Waals surface area contributed by atoms with Gasteiger partial charge in [0.25, 0.3) is 5.91 Å². The topological polar surface area (TPSA) is 66.9 Å². The van der Waals surface area contributed by atoms with Crippen LogP contribution in [0.25, 0.3) is 0 Å². The van der Waals surface area contributed by atoms with Crippen LogP contribution in [-0.4, -0.2) is 29.5 Å². The molecule has 0 atom stereocenters. The van der Waals surface area contributed by atoms with Crippen LogP contribution in [0, 0.1) is 0 Å². The van der Waals surface area contributed by atoms with E-state index < -0.39 is 0 Å². The van der Waals surface area contributed by atoms with Crippen molar-refractivity contribution in [3.63, 3.8) is 0 Å². The Labute approximate surface area is 120 Å². The lowest BCUT2D eigenvalue weighted by atomic mass is 10.3. The molecule has 0 aromatic carbocycles. The smallest absolute Gasteiger partial charge is 0.271 e. The lowest BCUT2D eigenvalue weighted by molar-refractivity contribution is 0.0949. The Morgan fingerprint density at radius 1 is 1.47 bits per heavy atom. The summed E-state index contributed by atoms with van der Waals surface area (Å²) in [5, 5.41) is 7.95. The Morgan fingerprint density at radius 3 is 3.00 bits per heavy atom. The number of anilines is 1. The fourth-order valence-corrected chi connectivity index (χ4v) is 2.27. The van der Waals surface area contributed by atoms with Crippen LogP contribution in [0.3, 0.4) is 0 Å². The number of rotatable bonds is 5. The van der Waals surface area contributed by atoms with Gasteiger partial charge in [0.05, 0.1) is 16.2 Å². The molecule has 0 aliphatic heterocycles. The average Bonchev–Trinajstić information content (AvgIpc) is 2.92. The summed E-state index contributed by atoms with van der Waals surface area (Å²) in [5.74, 6) is 0.325. The standard InChI is InChI=1S/C12H13ClN4OS/c1-14-10-3-2-9(13)11(17-10)12(18)15-5-4-8-6-19-7-16-8/h2-3,6-7H,4-5H2,1H3,(H,14,17)(H,15,18). The molecule has 2 N–H and O–H groups in total. The molecule has 19 heavy (non-hydrogen) atoms. The SMILES string of the molecule is CNc1ccc(Cl)c(C(=O)NCCc2cscn2)n1. The molecule has 1 amide bonds. The fourth-order valence-electron chi connectivity index (χ4n) is 1.49. The van der Waals surface area contributed by atoms with Crippen LogP contribution in [0.15, 0.2) is 23.0 Å². The first-order chi connectivity index (χ1) is 9.20. The first-order valence-electron chi connectivity index (χ1n) is 5.70. The van der Waals surface area contributed by atoms with Crippen molar-refractivity contribution >= 4 is 34.7 Å². The van der Waals surface area contributed by atoms with Gasteiger partial charge in [0.1, 0.15) is 11.5 Å². The lowest BCUT2D eigenvalue weighted by Gasteiger charge is -2.07. The van der Waals surface area contributed by atoms with Crippen LogP contribution >= 0.6 is 22.9 Å². The maximum atomic E-state index is 12.0. The number of nitrogens with one attached hydrogen (secondary N) is 2. The highest BCUT2D eigenvalue weighted by Crippen LogP contribution is 2.16. The number of carbonyl (C=O) groups excluding carboxylic acids is 1. The maximum Gasteiger partial charge on any atom is 0.271 e. The molecular formula is C12H13ClN4OS. The number of amides is 1. The summed E-state index contributed by atoms with van der Waals surface area (Å²) in [4.78, 5) is 20.2. The van der Waals surface area contributed by atoms with Gasteiger partial charge in [-0.05, 0) is 12.1 Å². The maximum absolute atomic E-state index is 12.0. The predicted octanol–water partition coefficient (Wildman–Crippen LogP) is 2.21.